The number of hydrogen-bond acceptors (Lipinski definition) is 7. The molecule has 0 fully saturated rings. The number of nitrogens with one attached hydrogen (secondary N) is 1. The fraction of sp³-hybridized carbons (Fsp3) is 0.292. The van der Waals surface area contributed by atoms with Gasteiger partial charge in [-0.25, -0.2) is 9.59 Å². The maximum absolute atomic E-state index is 13.7. The minimum Gasteiger partial charge on any atom is -0.449 e. The first kappa shape index (κ1) is 26.9. The molecule has 0 saturated heterocycles. The Morgan fingerprint density at radius 1 is 1.03 bits per heavy atom. The first-order chi connectivity index (χ1) is 16.6. The number of esters is 1. The lowest BCUT2D eigenvalue weighted by Crippen LogP contribution is -2.43. The highest BCUT2D eigenvalue weighted by Crippen LogP contribution is 2.38. The number of carbonyl (C=O) groups is 2. The van der Waals surface area contributed by atoms with Crippen molar-refractivity contribution in [2.24, 2.45) is 0 Å². The van der Waals surface area contributed by atoms with Crippen molar-refractivity contribution >= 4 is 34.6 Å². The Labute approximate surface area is 207 Å². The number of alkyl carbamates (subject to hydrolysis) is 1. The van der Waals surface area contributed by atoms with E-state index in [0.29, 0.717) is 5.02 Å². The number of carbonyl (C=O) groups excluding carboxylic acids is 2. The number of alkyl halides is 3. The topological polar surface area (TPSA) is 104 Å². The third kappa shape index (κ3) is 6.69. The van der Waals surface area contributed by atoms with Gasteiger partial charge in [0.25, 0.3) is 5.76 Å². The van der Waals surface area contributed by atoms with E-state index >= 15 is 0 Å². The average Bonchev–Trinajstić information content (AvgIpc) is 2.74. The Kier molecular flexibility index (Phi) is 7.54. The molecule has 0 radical (unpaired) electrons. The second-order valence-electron chi connectivity index (χ2n) is 8.59. The predicted molar refractivity (Wildman–Crippen MR) is 123 cm³/mol. The number of rotatable bonds is 5. The molecule has 8 nitrogen and oxygen atoms in total. The zero-order valence-electron chi connectivity index (χ0n) is 19.5. The Balaban J connectivity index is 1.90. The lowest BCUT2D eigenvalue weighted by Gasteiger charge is -2.21. The van der Waals surface area contributed by atoms with Gasteiger partial charge < -0.3 is 23.9 Å². The molecule has 1 heterocycles. The second kappa shape index (κ2) is 10.1. The van der Waals surface area contributed by atoms with Crippen molar-refractivity contribution in [1.29, 1.82) is 0 Å². The van der Waals surface area contributed by atoms with Crippen molar-refractivity contribution in [3.63, 3.8) is 0 Å². The highest BCUT2D eigenvalue weighted by atomic mass is 35.5. The molecule has 3 rings (SSSR count). The van der Waals surface area contributed by atoms with E-state index in [1.54, 1.807) is 20.8 Å². The van der Waals surface area contributed by atoms with Crippen LogP contribution in [0, 0.1) is 0 Å². The molecule has 0 aliphatic carbocycles. The monoisotopic (exact) mass is 527 g/mol. The quantitative estimate of drug-likeness (QED) is 0.317. The van der Waals surface area contributed by atoms with Crippen LogP contribution in [0.2, 0.25) is 5.02 Å². The van der Waals surface area contributed by atoms with E-state index < -0.39 is 52.4 Å². The third-order valence-electron chi connectivity index (χ3n) is 4.42. The van der Waals surface area contributed by atoms with Gasteiger partial charge in [-0.1, -0.05) is 11.6 Å². The van der Waals surface area contributed by atoms with Gasteiger partial charge in [-0.15, -0.1) is 0 Å². The first-order valence-corrected chi connectivity index (χ1v) is 10.8. The summed E-state index contributed by atoms with van der Waals surface area (Å²) >= 11 is 5.77. The molecule has 1 N–H and O–H groups in total. The average molecular weight is 528 g/mol. The number of halogens is 4. The number of amides is 1. The van der Waals surface area contributed by atoms with Gasteiger partial charge in [0.05, 0.1) is 5.39 Å². The third-order valence-corrected chi connectivity index (χ3v) is 4.67. The molecule has 0 saturated carbocycles. The number of hydrogen-bond donors (Lipinski definition) is 1. The Hall–Kier alpha value is -3.73. The molecule has 0 aliphatic heterocycles. The minimum atomic E-state index is -5.08. The van der Waals surface area contributed by atoms with E-state index in [1.165, 1.54) is 37.3 Å². The molecular weight excluding hydrogens is 507 g/mol. The lowest BCUT2D eigenvalue weighted by atomic mass is 10.2. The van der Waals surface area contributed by atoms with Crippen molar-refractivity contribution < 1.29 is 41.4 Å². The van der Waals surface area contributed by atoms with Gasteiger partial charge in [-0.05, 0) is 64.1 Å². The van der Waals surface area contributed by atoms with Gasteiger partial charge >= 0.3 is 18.2 Å². The van der Waals surface area contributed by atoms with Crippen LogP contribution < -0.4 is 20.2 Å². The Bertz CT molecular complexity index is 1350. The number of ether oxygens (including phenoxy) is 3. The van der Waals surface area contributed by atoms with Crippen molar-refractivity contribution in [3.05, 3.63) is 63.5 Å². The summed E-state index contributed by atoms with van der Waals surface area (Å²) in [6.07, 6.45) is -5.94. The fourth-order valence-corrected chi connectivity index (χ4v) is 2.99. The lowest BCUT2D eigenvalue weighted by molar-refractivity contribution is -0.154. The first-order valence-electron chi connectivity index (χ1n) is 10.5. The Morgan fingerprint density at radius 2 is 1.64 bits per heavy atom. The molecule has 0 spiro atoms. The van der Waals surface area contributed by atoms with Gasteiger partial charge in [0.15, 0.2) is 0 Å². The summed E-state index contributed by atoms with van der Waals surface area (Å²) in [5.74, 6) is -3.93. The highest BCUT2D eigenvalue weighted by molar-refractivity contribution is 6.30. The van der Waals surface area contributed by atoms with Crippen molar-refractivity contribution in [2.75, 3.05) is 0 Å². The SMILES string of the molecule is C[C@H](NC(=O)OC(C)(C)C)C(=O)Oc1ccc2c(=O)c(Oc3ccc(Cl)cc3)c(C(F)(F)F)oc2c1. The summed E-state index contributed by atoms with van der Waals surface area (Å²) < 4.78 is 61.5. The second-order valence-corrected chi connectivity index (χ2v) is 9.03. The number of fused-ring (bicyclic) bond motifs is 1. The summed E-state index contributed by atoms with van der Waals surface area (Å²) in [4.78, 5) is 37.0. The highest BCUT2D eigenvalue weighted by Gasteiger charge is 2.40. The van der Waals surface area contributed by atoms with Gasteiger partial charge in [0, 0.05) is 11.1 Å². The predicted octanol–water partition coefficient (Wildman–Crippen LogP) is 6.08. The van der Waals surface area contributed by atoms with Crippen LogP contribution in [0.5, 0.6) is 17.2 Å². The zero-order valence-corrected chi connectivity index (χ0v) is 20.2. The molecule has 3 aromatic rings. The van der Waals surface area contributed by atoms with E-state index in [9.17, 15) is 27.6 Å². The maximum Gasteiger partial charge on any atom is 0.453 e. The molecule has 2 aromatic carbocycles. The van der Waals surface area contributed by atoms with Crippen molar-refractivity contribution in [3.8, 4) is 17.2 Å². The van der Waals surface area contributed by atoms with Crippen molar-refractivity contribution in [2.45, 2.75) is 45.5 Å². The number of benzene rings is 2. The van der Waals surface area contributed by atoms with Crippen LogP contribution in [-0.2, 0) is 15.7 Å². The smallest absolute Gasteiger partial charge is 0.449 e. The summed E-state index contributed by atoms with van der Waals surface area (Å²) in [6.45, 7) is 6.24. The Morgan fingerprint density at radius 3 is 2.22 bits per heavy atom. The molecule has 192 valence electrons. The van der Waals surface area contributed by atoms with E-state index in [-0.39, 0.29) is 16.9 Å². The molecule has 1 amide bonds. The van der Waals surface area contributed by atoms with Gasteiger partial charge in [-0.3, -0.25) is 4.79 Å². The minimum absolute atomic E-state index is 0.0615. The van der Waals surface area contributed by atoms with Crippen LogP contribution in [0.15, 0.2) is 51.7 Å². The van der Waals surface area contributed by atoms with Gasteiger partial charge in [-0.2, -0.15) is 13.2 Å². The molecular formula is C24H21ClF3NO7. The van der Waals surface area contributed by atoms with Crippen LogP contribution in [0.4, 0.5) is 18.0 Å². The molecule has 0 bridgehead atoms. The summed E-state index contributed by atoms with van der Waals surface area (Å²) in [6, 6.07) is 7.47. The molecule has 1 atom stereocenters. The van der Waals surface area contributed by atoms with Crippen LogP contribution in [-0.4, -0.2) is 23.7 Å². The summed E-state index contributed by atoms with van der Waals surface area (Å²) in [5, 5.41) is 2.36. The maximum atomic E-state index is 13.7. The van der Waals surface area contributed by atoms with E-state index in [2.05, 4.69) is 5.32 Å². The molecule has 1 aromatic heterocycles. The van der Waals surface area contributed by atoms with Gasteiger partial charge in [0.1, 0.15) is 28.7 Å². The fourth-order valence-electron chi connectivity index (χ4n) is 2.87. The van der Waals surface area contributed by atoms with Crippen LogP contribution in [0.25, 0.3) is 11.0 Å². The zero-order chi connectivity index (χ0) is 26.8. The van der Waals surface area contributed by atoms with Crippen molar-refractivity contribution in [1.82, 2.24) is 5.32 Å². The summed E-state index contributed by atoms with van der Waals surface area (Å²) in [5.41, 5.74) is -2.37. The molecule has 12 heteroatoms. The van der Waals surface area contributed by atoms with E-state index in [4.69, 9.17) is 30.2 Å². The molecule has 36 heavy (non-hydrogen) atoms. The molecule has 0 aliphatic rings. The molecule has 0 unspecified atom stereocenters. The van der Waals surface area contributed by atoms with E-state index in [1.807, 2.05) is 0 Å². The van der Waals surface area contributed by atoms with E-state index in [0.717, 1.165) is 12.1 Å². The van der Waals surface area contributed by atoms with Gasteiger partial charge in [0.2, 0.25) is 11.2 Å². The largest absolute Gasteiger partial charge is 0.453 e. The van der Waals surface area contributed by atoms with Crippen LogP contribution >= 0.6 is 11.6 Å². The van der Waals surface area contributed by atoms with Crippen LogP contribution in [0.1, 0.15) is 33.5 Å². The summed E-state index contributed by atoms with van der Waals surface area (Å²) in [7, 11) is 0. The standard InChI is InChI=1S/C24H21ClF3NO7/c1-12(29-22(32)36-23(2,3)4)21(31)34-15-9-10-16-17(11-15)35-20(24(26,27)28)19(18(16)30)33-14-7-5-13(25)6-8-14/h5-12H,1-4H3,(H,29,32)/t12-/m0/s1. The normalized spacial score (nSPS) is 12.7. The van der Waals surface area contributed by atoms with Crippen LogP contribution in [0.3, 0.4) is 0 Å².